The first-order chi connectivity index (χ1) is 6.93. The van der Waals surface area contributed by atoms with Crippen molar-refractivity contribution in [2.45, 2.75) is 13.5 Å². The van der Waals surface area contributed by atoms with Crippen LogP contribution in [0.5, 0.6) is 5.75 Å². The topological polar surface area (TPSA) is 26.3 Å². The first-order valence-electron chi connectivity index (χ1n) is 3.87. The fourth-order valence-electron chi connectivity index (χ4n) is 1.00. The van der Waals surface area contributed by atoms with Gasteiger partial charge in [-0.25, -0.2) is 0 Å². The van der Waals surface area contributed by atoms with E-state index in [-0.39, 0.29) is 16.0 Å². The lowest BCUT2D eigenvalue weighted by Gasteiger charge is -2.11. The number of ether oxygens (including phenoxy) is 1. The zero-order valence-electron chi connectivity index (χ0n) is 7.56. The molecule has 1 aromatic carbocycles. The van der Waals surface area contributed by atoms with Gasteiger partial charge in [0.2, 0.25) is 0 Å². The second-order valence-electron chi connectivity index (χ2n) is 2.67. The van der Waals surface area contributed by atoms with Gasteiger partial charge in [-0.15, -0.1) is 0 Å². The Balaban J connectivity index is 3.24. The van der Waals surface area contributed by atoms with Crippen LogP contribution in [-0.2, 0) is 0 Å². The first-order valence-corrected chi connectivity index (χ1v) is 5.74. The van der Waals surface area contributed by atoms with Crippen molar-refractivity contribution in [1.82, 2.24) is 0 Å². The van der Waals surface area contributed by atoms with Gasteiger partial charge < -0.3 is 4.74 Å². The highest BCUT2D eigenvalue weighted by Crippen LogP contribution is 2.34. The molecule has 0 N–H and O–H groups in total. The number of halogens is 4. The van der Waals surface area contributed by atoms with Gasteiger partial charge in [-0.05, 0) is 57.6 Å². The van der Waals surface area contributed by atoms with E-state index in [0.29, 0.717) is 9.13 Å². The summed E-state index contributed by atoms with van der Waals surface area (Å²) in [5.41, 5.74) is 0.325. The molecular formula is C9H6BrF2IO2. The number of alkyl halides is 2. The van der Waals surface area contributed by atoms with E-state index in [0.717, 1.165) is 0 Å². The van der Waals surface area contributed by atoms with Gasteiger partial charge in [0.25, 0.3) is 0 Å². The first kappa shape index (κ1) is 12.8. The van der Waals surface area contributed by atoms with Crippen molar-refractivity contribution in [2.24, 2.45) is 0 Å². The van der Waals surface area contributed by atoms with Crippen LogP contribution in [0.4, 0.5) is 8.78 Å². The largest absolute Gasteiger partial charge is 0.432 e. The molecule has 0 amide bonds. The van der Waals surface area contributed by atoms with Crippen molar-refractivity contribution in [1.29, 1.82) is 0 Å². The fourth-order valence-corrected chi connectivity index (χ4v) is 2.67. The molecule has 0 aliphatic rings. The number of carbonyl (C=O) groups is 1. The third-order valence-electron chi connectivity index (χ3n) is 1.64. The maximum atomic E-state index is 12.1. The van der Waals surface area contributed by atoms with Crippen molar-refractivity contribution in [2.75, 3.05) is 0 Å². The third kappa shape index (κ3) is 3.10. The van der Waals surface area contributed by atoms with Crippen molar-refractivity contribution < 1.29 is 18.3 Å². The molecule has 0 aliphatic carbocycles. The van der Waals surface area contributed by atoms with Crippen LogP contribution in [0, 0.1) is 3.57 Å². The lowest BCUT2D eigenvalue weighted by Crippen LogP contribution is -2.06. The molecule has 0 saturated carbocycles. The molecule has 1 rings (SSSR count). The van der Waals surface area contributed by atoms with E-state index in [1.54, 1.807) is 12.1 Å². The second kappa shape index (κ2) is 5.20. The maximum absolute atomic E-state index is 12.1. The van der Waals surface area contributed by atoms with Crippen LogP contribution in [0.15, 0.2) is 16.6 Å². The zero-order chi connectivity index (χ0) is 11.6. The summed E-state index contributed by atoms with van der Waals surface area (Å²) in [5, 5.41) is 0. The van der Waals surface area contributed by atoms with Crippen LogP contribution in [0.2, 0.25) is 0 Å². The van der Waals surface area contributed by atoms with Crippen molar-refractivity contribution in [3.05, 3.63) is 25.7 Å². The molecule has 0 atom stereocenters. The maximum Gasteiger partial charge on any atom is 0.387 e. The number of hydrogen-bond donors (Lipinski definition) is 0. The van der Waals surface area contributed by atoms with Crippen LogP contribution in [-0.4, -0.2) is 12.4 Å². The van der Waals surface area contributed by atoms with Crippen molar-refractivity contribution >= 4 is 44.3 Å². The molecule has 0 radical (unpaired) electrons. The zero-order valence-corrected chi connectivity index (χ0v) is 11.3. The summed E-state index contributed by atoms with van der Waals surface area (Å²) < 4.78 is 29.3. The van der Waals surface area contributed by atoms with E-state index in [4.69, 9.17) is 0 Å². The Morgan fingerprint density at radius 3 is 2.60 bits per heavy atom. The Kier molecular flexibility index (Phi) is 4.45. The van der Waals surface area contributed by atoms with Gasteiger partial charge in [0, 0.05) is 5.56 Å². The average molecular weight is 391 g/mol. The van der Waals surface area contributed by atoms with E-state index >= 15 is 0 Å². The third-order valence-corrected chi connectivity index (χ3v) is 3.27. The van der Waals surface area contributed by atoms with Crippen LogP contribution in [0.3, 0.4) is 0 Å². The van der Waals surface area contributed by atoms with E-state index in [9.17, 15) is 13.6 Å². The lowest BCUT2D eigenvalue weighted by atomic mass is 10.1. The van der Waals surface area contributed by atoms with Gasteiger partial charge in [0.1, 0.15) is 0 Å². The van der Waals surface area contributed by atoms with Crippen LogP contribution in [0.1, 0.15) is 17.3 Å². The molecule has 6 heteroatoms. The summed E-state index contributed by atoms with van der Waals surface area (Å²) in [6.07, 6.45) is 0. The monoisotopic (exact) mass is 390 g/mol. The quantitative estimate of drug-likeness (QED) is 0.578. The molecule has 82 valence electrons. The highest BCUT2D eigenvalue weighted by molar-refractivity contribution is 14.1. The van der Waals surface area contributed by atoms with E-state index < -0.39 is 6.61 Å². The van der Waals surface area contributed by atoms with E-state index in [2.05, 4.69) is 20.7 Å². The molecule has 0 spiro atoms. The van der Waals surface area contributed by atoms with E-state index in [1.807, 2.05) is 22.6 Å². The fraction of sp³-hybridized carbons (Fsp3) is 0.222. The summed E-state index contributed by atoms with van der Waals surface area (Å²) in [7, 11) is 0. The molecular weight excluding hydrogens is 385 g/mol. The highest BCUT2D eigenvalue weighted by atomic mass is 127. The number of benzene rings is 1. The number of ketones is 1. The van der Waals surface area contributed by atoms with Gasteiger partial charge in [0.05, 0.1) is 8.04 Å². The molecule has 0 unspecified atom stereocenters. The molecule has 2 nitrogen and oxygen atoms in total. The van der Waals surface area contributed by atoms with Crippen molar-refractivity contribution in [3.8, 4) is 5.75 Å². The summed E-state index contributed by atoms with van der Waals surface area (Å²) in [6.45, 7) is -1.55. The summed E-state index contributed by atoms with van der Waals surface area (Å²) in [5.74, 6) is -0.212. The molecule has 0 bridgehead atoms. The second-order valence-corrected chi connectivity index (χ2v) is 4.63. The average Bonchev–Trinajstić information content (AvgIpc) is 2.11. The predicted octanol–water partition coefficient (Wildman–Crippen LogP) is 3.86. The van der Waals surface area contributed by atoms with Gasteiger partial charge in [0.15, 0.2) is 11.5 Å². The van der Waals surface area contributed by atoms with Crippen LogP contribution >= 0.6 is 38.5 Å². The van der Waals surface area contributed by atoms with Gasteiger partial charge >= 0.3 is 6.61 Å². The van der Waals surface area contributed by atoms with E-state index in [1.165, 1.54) is 6.92 Å². The van der Waals surface area contributed by atoms with Crippen LogP contribution in [0.25, 0.3) is 0 Å². The Morgan fingerprint density at radius 1 is 1.53 bits per heavy atom. The Hall–Kier alpha value is -0.240. The summed E-state index contributed by atoms with van der Waals surface area (Å²) >= 11 is 4.94. The number of carbonyl (C=O) groups excluding carboxylic acids is 1. The predicted molar refractivity (Wildman–Crippen MR) is 63.5 cm³/mol. The number of Topliss-reactive ketones (excluding diaryl/α,β-unsaturated/α-hetero) is 1. The van der Waals surface area contributed by atoms with Gasteiger partial charge in [-0.3, -0.25) is 4.79 Å². The standard InChI is InChI=1S/C9H6BrF2IO2/c1-4(14)5-2-3-6(13)8(7(5)10)15-9(11)12/h2-3,9H,1H3. The highest BCUT2D eigenvalue weighted by Gasteiger charge is 2.17. The lowest BCUT2D eigenvalue weighted by molar-refractivity contribution is -0.0509. The molecule has 1 aromatic rings. The summed E-state index contributed by atoms with van der Waals surface area (Å²) in [4.78, 5) is 11.1. The molecule has 0 fully saturated rings. The molecule has 0 heterocycles. The molecule has 15 heavy (non-hydrogen) atoms. The van der Waals surface area contributed by atoms with Crippen molar-refractivity contribution in [3.63, 3.8) is 0 Å². The summed E-state index contributed by atoms with van der Waals surface area (Å²) in [6, 6.07) is 3.12. The molecule has 0 aromatic heterocycles. The SMILES string of the molecule is CC(=O)c1ccc(I)c(OC(F)F)c1Br. The smallest absolute Gasteiger partial charge is 0.387 e. The minimum absolute atomic E-state index is 0.00157. The number of rotatable bonds is 3. The number of hydrogen-bond acceptors (Lipinski definition) is 2. The Labute approximate surface area is 107 Å². The van der Waals surface area contributed by atoms with Gasteiger partial charge in [-0.1, -0.05) is 0 Å². The minimum atomic E-state index is -2.91. The van der Waals surface area contributed by atoms with Crippen LogP contribution < -0.4 is 4.74 Å². The Bertz CT molecular complexity index is 396. The minimum Gasteiger partial charge on any atom is -0.432 e. The normalized spacial score (nSPS) is 10.5. The Morgan fingerprint density at radius 2 is 2.13 bits per heavy atom. The molecule has 0 aliphatic heterocycles. The molecule has 0 saturated heterocycles. The van der Waals surface area contributed by atoms with Gasteiger partial charge in [-0.2, -0.15) is 8.78 Å².